The fourth-order valence-corrected chi connectivity index (χ4v) is 3.51. The van der Waals surface area contributed by atoms with E-state index in [0.717, 1.165) is 18.4 Å². The largest absolute Gasteiger partial charge is 0.383 e. The molecule has 1 N–H and O–H groups in total. The highest BCUT2D eigenvalue weighted by Gasteiger charge is 2.36. The molecule has 0 saturated heterocycles. The number of halogens is 1. The lowest BCUT2D eigenvalue weighted by molar-refractivity contribution is 0.200. The number of sulfonamides is 1. The van der Waals surface area contributed by atoms with E-state index in [1.54, 1.807) is 19.1 Å². The number of rotatable bonds is 7. The molecule has 4 nitrogen and oxygen atoms in total. The Morgan fingerprint density at radius 3 is 2.45 bits per heavy atom. The molecule has 0 amide bonds. The summed E-state index contributed by atoms with van der Waals surface area (Å²) >= 11 is 5.88. The molecule has 1 aliphatic carbocycles. The van der Waals surface area contributed by atoms with Crippen molar-refractivity contribution in [2.24, 2.45) is 5.92 Å². The first kappa shape index (κ1) is 15.8. The number of hydrogen-bond donors (Lipinski definition) is 1. The maximum atomic E-state index is 12.3. The Labute approximate surface area is 125 Å². The standard InChI is InChI=1S/C14H20ClNO3S/c1-10(9-19-2)20(17,18)16-14(11-3-4-11)12-5-7-13(15)8-6-12/h5-8,10-11,14,16H,3-4,9H2,1-2H3. The van der Waals surface area contributed by atoms with Gasteiger partial charge in [-0.3, -0.25) is 0 Å². The minimum atomic E-state index is -3.39. The normalized spacial score (nSPS) is 18.8. The van der Waals surface area contributed by atoms with Gasteiger partial charge in [0.2, 0.25) is 10.0 Å². The van der Waals surface area contributed by atoms with Crippen LogP contribution in [-0.2, 0) is 14.8 Å². The van der Waals surface area contributed by atoms with Crippen molar-refractivity contribution in [3.05, 3.63) is 34.9 Å². The Bertz CT molecular complexity index is 540. The van der Waals surface area contributed by atoms with Crippen molar-refractivity contribution in [3.8, 4) is 0 Å². The van der Waals surface area contributed by atoms with Crippen molar-refractivity contribution in [1.82, 2.24) is 4.72 Å². The molecule has 0 radical (unpaired) electrons. The summed E-state index contributed by atoms with van der Waals surface area (Å²) in [6.07, 6.45) is 2.10. The Balaban J connectivity index is 2.16. The van der Waals surface area contributed by atoms with Gasteiger partial charge >= 0.3 is 0 Å². The summed E-state index contributed by atoms with van der Waals surface area (Å²) in [6, 6.07) is 7.18. The average molecular weight is 318 g/mol. The summed E-state index contributed by atoms with van der Waals surface area (Å²) in [5.41, 5.74) is 0.963. The molecule has 1 aromatic rings. The van der Waals surface area contributed by atoms with E-state index >= 15 is 0 Å². The molecule has 1 aliphatic rings. The Morgan fingerprint density at radius 2 is 1.95 bits per heavy atom. The lowest BCUT2D eigenvalue weighted by Crippen LogP contribution is -2.38. The van der Waals surface area contributed by atoms with Gasteiger partial charge in [-0.2, -0.15) is 0 Å². The van der Waals surface area contributed by atoms with Crippen LogP contribution in [0.25, 0.3) is 0 Å². The minimum absolute atomic E-state index is 0.170. The van der Waals surface area contributed by atoms with Gasteiger partial charge < -0.3 is 4.74 Å². The number of methoxy groups -OCH3 is 1. The molecule has 2 unspecified atom stereocenters. The van der Waals surface area contributed by atoms with Crippen molar-refractivity contribution < 1.29 is 13.2 Å². The topological polar surface area (TPSA) is 55.4 Å². The molecule has 0 aliphatic heterocycles. The third-order valence-corrected chi connectivity index (χ3v) is 5.57. The van der Waals surface area contributed by atoms with Crippen molar-refractivity contribution in [2.75, 3.05) is 13.7 Å². The summed E-state index contributed by atoms with van der Waals surface area (Å²) in [4.78, 5) is 0. The summed E-state index contributed by atoms with van der Waals surface area (Å²) in [5.74, 6) is 0.376. The second kappa shape index (κ2) is 6.43. The van der Waals surface area contributed by atoms with E-state index in [-0.39, 0.29) is 12.6 Å². The zero-order valence-corrected chi connectivity index (χ0v) is 13.2. The van der Waals surface area contributed by atoms with Crippen LogP contribution < -0.4 is 4.72 Å². The van der Waals surface area contributed by atoms with Crippen molar-refractivity contribution in [1.29, 1.82) is 0 Å². The zero-order valence-electron chi connectivity index (χ0n) is 11.7. The number of hydrogen-bond acceptors (Lipinski definition) is 3. The quantitative estimate of drug-likeness (QED) is 0.841. The number of benzene rings is 1. The third kappa shape index (κ3) is 3.95. The van der Waals surface area contributed by atoms with Crippen LogP contribution in [0.1, 0.15) is 31.4 Å². The second-order valence-corrected chi connectivity index (χ2v) is 7.86. The predicted molar refractivity (Wildman–Crippen MR) is 80.3 cm³/mol. The molecule has 20 heavy (non-hydrogen) atoms. The average Bonchev–Trinajstić information content (AvgIpc) is 3.22. The molecule has 6 heteroatoms. The van der Waals surface area contributed by atoms with Gasteiger partial charge in [-0.05, 0) is 43.4 Å². The van der Waals surface area contributed by atoms with Crippen LogP contribution in [0.2, 0.25) is 5.02 Å². The zero-order chi connectivity index (χ0) is 14.8. The Morgan fingerprint density at radius 1 is 1.35 bits per heavy atom. The molecule has 2 atom stereocenters. The monoisotopic (exact) mass is 317 g/mol. The van der Waals surface area contributed by atoms with Gasteiger partial charge in [0, 0.05) is 18.2 Å². The second-order valence-electron chi connectivity index (χ2n) is 5.30. The SMILES string of the molecule is COCC(C)S(=O)(=O)NC(c1ccc(Cl)cc1)C1CC1. The molecular weight excluding hydrogens is 298 g/mol. The lowest BCUT2D eigenvalue weighted by Gasteiger charge is -2.21. The van der Waals surface area contributed by atoms with Gasteiger partial charge in [0.15, 0.2) is 0 Å². The first-order valence-electron chi connectivity index (χ1n) is 6.69. The van der Waals surface area contributed by atoms with Gasteiger partial charge in [-0.15, -0.1) is 0 Å². The van der Waals surface area contributed by atoms with Crippen molar-refractivity contribution in [2.45, 2.75) is 31.1 Å². The van der Waals surface area contributed by atoms with Crippen LogP contribution >= 0.6 is 11.6 Å². The highest BCUT2D eigenvalue weighted by molar-refractivity contribution is 7.90. The van der Waals surface area contributed by atoms with Gasteiger partial charge in [0.25, 0.3) is 0 Å². The van der Waals surface area contributed by atoms with Gasteiger partial charge in [-0.1, -0.05) is 23.7 Å². The minimum Gasteiger partial charge on any atom is -0.383 e. The number of nitrogens with one attached hydrogen (secondary N) is 1. The molecule has 112 valence electrons. The van der Waals surface area contributed by atoms with E-state index in [1.165, 1.54) is 7.11 Å². The number of ether oxygens (including phenoxy) is 1. The van der Waals surface area contributed by atoms with E-state index in [0.29, 0.717) is 10.9 Å². The maximum absolute atomic E-state index is 12.3. The van der Waals surface area contributed by atoms with Crippen LogP contribution in [0.15, 0.2) is 24.3 Å². The fraction of sp³-hybridized carbons (Fsp3) is 0.571. The van der Waals surface area contributed by atoms with Crippen LogP contribution in [0.5, 0.6) is 0 Å². The molecule has 0 bridgehead atoms. The van der Waals surface area contributed by atoms with E-state index in [1.807, 2.05) is 12.1 Å². The molecular formula is C14H20ClNO3S. The lowest BCUT2D eigenvalue weighted by atomic mass is 10.0. The molecule has 1 fully saturated rings. The van der Waals surface area contributed by atoms with E-state index in [2.05, 4.69) is 4.72 Å². The summed E-state index contributed by atoms with van der Waals surface area (Å²) in [5, 5.41) is 0.0833. The smallest absolute Gasteiger partial charge is 0.217 e. The highest BCUT2D eigenvalue weighted by atomic mass is 35.5. The highest BCUT2D eigenvalue weighted by Crippen LogP contribution is 2.41. The molecule has 1 aromatic carbocycles. The molecule has 2 rings (SSSR count). The van der Waals surface area contributed by atoms with Crippen LogP contribution in [-0.4, -0.2) is 27.4 Å². The maximum Gasteiger partial charge on any atom is 0.217 e. The summed E-state index contributed by atoms with van der Waals surface area (Å²) < 4.78 is 32.3. The molecule has 1 saturated carbocycles. The fourth-order valence-electron chi connectivity index (χ4n) is 2.15. The third-order valence-electron chi connectivity index (χ3n) is 3.54. The van der Waals surface area contributed by atoms with Gasteiger partial charge in [-0.25, -0.2) is 13.1 Å². The van der Waals surface area contributed by atoms with Crippen LogP contribution in [0, 0.1) is 5.92 Å². The predicted octanol–water partition coefficient (Wildman–Crippen LogP) is 2.75. The van der Waals surface area contributed by atoms with Crippen LogP contribution in [0.3, 0.4) is 0 Å². The Hall–Kier alpha value is -0.620. The van der Waals surface area contributed by atoms with Gasteiger partial charge in [0.1, 0.15) is 0 Å². The Kier molecular flexibility index (Phi) is 5.07. The first-order valence-corrected chi connectivity index (χ1v) is 8.62. The summed E-state index contributed by atoms with van der Waals surface area (Å²) in [7, 11) is -1.89. The van der Waals surface area contributed by atoms with E-state index in [4.69, 9.17) is 16.3 Å². The molecule has 0 spiro atoms. The first-order chi connectivity index (χ1) is 9.44. The van der Waals surface area contributed by atoms with E-state index < -0.39 is 15.3 Å². The van der Waals surface area contributed by atoms with Crippen molar-refractivity contribution >= 4 is 21.6 Å². The van der Waals surface area contributed by atoms with Gasteiger partial charge in [0.05, 0.1) is 11.9 Å². The van der Waals surface area contributed by atoms with Crippen molar-refractivity contribution in [3.63, 3.8) is 0 Å². The van der Waals surface area contributed by atoms with E-state index in [9.17, 15) is 8.42 Å². The molecule has 0 heterocycles. The van der Waals surface area contributed by atoms with Crippen LogP contribution in [0.4, 0.5) is 0 Å². The summed E-state index contributed by atoms with van der Waals surface area (Å²) in [6.45, 7) is 1.84. The molecule has 0 aromatic heterocycles.